The summed E-state index contributed by atoms with van der Waals surface area (Å²) >= 11 is 0. The molecule has 5 rings (SSSR count). The van der Waals surface area contributed by atoms with Crippen LogP contribution in [0.25, 0.3) is 0 Å². The molecule has 0 bridgehead atoms. The summed E-state index contributed by atoms with van der Waals surface area (Å²) in [6.45, 7) is 9.16. The van der Waals surface area contributed by atoms with Gasteiger partial charge in [-0.2, -0.15) is 0 Å². The molecule has 3 heterocycles. The smallest absolute Gasteiger partial charge is 0.0829 e. The first kappa shape index (κ1) is 16.3. The van der Waals surface area contributed by atoms with E-state index < -0.39 is 0 Å². The van der Waals surface area contributed by atoms with E-state index in [9.17, 15) is 0 Å². The number of hydrogen-bond acceptors (Lipinski definition) is 3. The van der Waals surface area contributed by atoms with Gasteiger partial charge in [0.15, 0.2) is 0 Å². The maximum atomic E-state index is 2.93. The van der Waals surface area contributed by atoms with Crippen LogP contribution in [0.2, 0.25) is 0 Å². The molecule has 4 aliphatic rings. The lowest BCUT2D eigenvalue weighted by Crippen LogP contribution is -2.58. The van der Waals surface area contributed by atoms with Crippen molar-refractivity contribution in [2.75, 3.05) is 39.3 Å². The Balaban J connectivity index is 1.31. The SMILES string of the molecule is c1ccc(CN2C[C@@H]3[C@H](C2)C3(N2CCCCC2)N2CCCCC2)cc1. The van der Waals surface area contributed by atoms with Gasteiger partial charge in [-0.05, 0) is 57.4 Å². The van der Waals surface area contributed by atoms with Gasteiger partial charge in [0.2, 0.25) is 0 Å². The monoisotopic (exact) mass is 339 g/mol. The maximum Gasteiger partial charge on any atom is 0.0829 e. The van der Waals surface area contributed by atoms with Crippen LogP contribution in [0.5, 0.6) is 0 Å². The van der Waals surface area contributed by atoms with Gasteiger partial charge in [0, 0.05) is 31.5 Å². The molecule has 136 valence electrons. The first-order chi connectivity index (χ1) is 12.4. The van der Waals surface area contributed by atoms with Crippen LogP contribution in [-0.2, 0) is 6.54 Å². The van der Waals surface area contributed by atoms with Crippen molar-refractivity contribution in [3.05, 3.63) is 35.9 Å². The molecule has 0 spiro atoms. The predicted octanol–water partition coefficient (Wildman–Crippen LogP) is 3.42. The Bertz CT molecular complexity index is 542. The standard InChI is InChI=1S/C22H33N3/c1-4-10-19(11-5-1)16-23-17-20-21(18-23)22(20,24-12-6-2-7-13-24)25-14-8-3-9-15-25/h1,4-5,10-11,20-21H,2-3,6-9,12-18H2/t20-,21+. The summed E-state index contributed by atoms with van der Waals surface area (Å²) in [4.78, 5) is 8.57. The number of benzene rings is 1. The number of nitrogens with zero attached hydrogens (tertiary/aromatic N) is 3. The Hall–Kier alpha value is -0.900. The van der Waals surface area contributed by atoms with E-state index in [0.717, 1.165) is 18.4 Å². The zero-order valence-corrected chi connectivity index (χ0v) is 15.6. The summed E-state index contributed by atoms with van der Waals surface area (Å²) in [5.41, 5.74) is 1.93. The Labute approximate surface area is 153 Å². The normalized spacial score (nSPS) is 33.3. The molecule has 3 aliphatic heterocycles. The first-order valence-corrected chi connectivity index (χ1v) is 10.7. The summed E-state index contributed by atoms with van der Waals surface area (Å²) < 4.78 is 0. The van der Waals surface area contributed by atoms with Crippen molar-refractivity contribution in [3.63, 3.8) is 0 Å². The Morgan fingerprint density at radius 3 is 1.76 bits per heavy atom. The van der Waals surface area contributed by atoms with Crippen LogP contribution >= 0.6 is 0 Å². The maximum absolute atomic E-state index is 2.93. The van der Waals surface area contributed by atoms with E-state index in [-0.39, 0.29) is 0 Å². The molecule has 4 fully saturated rings. The lowest BCUT2D eigenvalue weighted by Gasteiger charge is -2.47. The van der Waals surface area contributed by atoms with Crippen molar-refractivity contribution < 1.29 is 0 Å². The highest BCUT2D eigenvalue weighted by Gasteiger charge is 2.73. The molecule has 1 aliphatic carbocycles. The number of hydrogen-bond donors (Lipinski definition) is 0. The zero-order valence-electron chi connectivity index (χ0n) is 15.6. The van der Waals surface area contributed by atoms with E-state index in [1.807, 2.05) is 0 Å². The quantitative estimate of drug-likeness (QED) is 0.832. The average molecular weight is 340 g/mol. The molecule has 0 N–H and O–H groups in total. The molecule has 0 radical (unpaired) electrons. The van der Waals surface area contributed by atoms with Crippen molar-refractivity contribution in [1.29, 1.82) is 0 Å². The van der Waals surface area contributed by atoms with Crippen LogP contribution < -0.4 is 0 Å². The van der Waals surface area contributed by atoms with E-state index >= 15 is 0 Å². The summed E-state index contributed by atoms with van der Waals surface area (Å²) in [6.07, 6.45) is 8.57. The molecule has 1 saturated carbocycles. The number of fused-ring (bicyclic) bond motifs is 1. The van der Waals surface area contributed by atoms with Gasteiger partial charge in [-0.1, -0.05) is 43.2 Å². The highest BCUT2D eigenvalue weighted by atomic mass is 15.5. The van der Waals surface area contributed by atoms with Crippen molar-refractivity contribution in [3.8, 4) is 0 Å². The van der Waals surface area contributed by atoms with Gasteiger partial charge < -0.3 is 0 Å². The van der Waals surface area contributed by atoms with Crippen LogP contribution in [0.3, 0.4) is 0 Å². The van der Waals surface area contributed by atoms with Gasteiger partial charge in [-0.3, -0.25) is 14.7 Å². The van der Waals surface area contributed by atoms with E-state index in [1.165, 1.54) is 83.4 Å². The van der Waals surface area contributed by atoms with Crippen LogP contribution in [0.15, 0.2) is 30.3 Å². The van der Waals surface area contributed by atoms with Gasteiger partial charge >= 0.3 is 0 Å². The topological polar surface area (TPSA) is 9.72 Å². The van der Waals surface area contributed by atoms with Crippen molar-refractivity contribution >= 4 is 0 Å². The minimum absolute atomic E-state index is 0.452. The Kier molecular flexibility index (Phi) is 4.35. The van der Waals surface area contributed by atoms with E-state index in [1.54, 1.807) is 0 Å². The second-order valence-electron chi connectivity index (χ2n) is 8.77. The van der Waals surface area contributed by atoms with Crippen LogP contribution in [0.4, 0.5) is 0 Å². The molecule has 3 saturated heterocycles. The first-order valence-electron chi connectivity index (χ1n) is 10.7. The molecule has 0 amide bonds. The third-order valence-electron chi connectivity index (χ3n) is 7.35. The minimum Gasteiger partial charge on any atom is -0.298 e. The fourth-order valence-corrected chi connectivity index (χ4v) is 6.27. The van der Waals surface area contributed by atoms with Crippen LogP contribution in [-0.4, -0.2) is 59.6 Å². The predicted molar refractivity (Wildman–Crippen MR) is 102 cm³/mol. The van der Waals surface area contributed by atoms with Crippen LogP contribution in [0.1, 0.15) is 44.1 Å². The molecule has 2 atom stereocenters. The third-order valence-corrected chi connectivity index (χ3v) is 7.35. The summed E-state index contributed by atoms with van der Waals surface area (Å²) in [6, 6.07) is 11.1. The second kappa shape index (κ2) is 6.68. The second-order valence-corrected chi connectivity index (χ2v) is 8.77. The molecule has 0 unspecified atom stereocenters. The fourth-order valence-electron chi connectivity index (χ4n) is 6.27. The van der Waals surface area contributed by atoms with Gasteiger partial charge in [-0.25, -0.2) is 0 Å². The Morgan fingerprint density at radius 1 is 0.720 bits per heavy atom. The Morgan fingerprint density at radius 2 is 1.24 bits per heavy atom. The van der Waals surface area contributed by atoms with Crippen molar-refractivity contribution in [1.82, 2.24) is 14.7 Å². The third kappa shape index (κ3) is 2.75. The zero-order chi connectivity index (χ0) is 16.7. The summed E-state index contributed by atoms with van der Waals surface area (Å²) in [7, 11) is 0. The lowest BCUT2D eigenvalue weighted by atomic mass is 10.0. The van der Waals surface area contributed by atoms with E-state index in [4.69, 9.17) is 0 Å². The average Bonchev–Trinajstić information content (AvgIpc) is 3.09. The summed E-state index contributed by atoms with van der Waals surface area (Å²) in [5.74, 6) is 1.79. The van der Waals surface area contributed by atoms with Crippen LogP contribution in [0, 0.1) is 11.8 Å². The number of rotatable bonds is 4. The molecule has 1 aromatic rings. The number of likely N-dealkylation sites (tertiary alicyclic amines) is 3. The number of piperidine rings is 3. The molecule has 1 aromatic carbocycles. The van der Waals surface area contributed by atoms with Gasteiger partial charge in [0.1, 0.15) is 0 Å². The highest BCUT2D eigenvalue weighted by molar-refractivity contribution is 5.24. The van der Waals surface area contributed by atoms with Gasteiger partial charge in [0.05, 0.1) is 5.66 Å². The largest absolute Gasteiger partial charge is 0.298 e. The van der Waals surface area contributed by atoms with E-state index in [2.05, 4.69) is 45.0 Å². The molecular weight excluding hydrogens is 306 g/mol. The minimum atomic E-state index is 0.452. The van der Waals surface area contributed by atoms with E-state index in [0.29, 0.717) is 5.66 Å². The van der Waals surface area contributed by atoms with Gasteiger partial charge in [-0.15, -0.1) is 0 Å². The summed E-state index contributed by atoms with van der Waals surface area (Å²) in [5, 5.41) is 0. The molecule has 3 nitrogen and oxygen atoms in total. The molecule has 25 heavy (non-hydrogen) atoms. The fraction of sp³-hybridized carbons (Fsp3) is 0.727. The highest BCUT2D eigenvalue weighted by Crippen LogP contribution is 2.61. The van der Waals surface area contributed by atoms with Crippen molar-refractivity contribution in [2.24, 2.45) is 11.8 Å². The van der Waals surface area contributed by atoms with Gasteiger partial charge in [0.25, 0.3) is 0 Å². The lowest BCUT2D eigenvalue weighted by molar-refractivity contribution is -0.0380. The molecular formula is C22H33N3. The molecule has 3 heteroatoms. The molecule has 0 aromatic heterocycles. The van der Waals surface area contributed by atoms with Crippen molar-refractivity contribution in [2.45, 2.75) is 50.7 Å².